The standard InChI is InChI=1S/C30H46O2/c1-5-15-27-21-25(19-23(3)29(27)31)17-13-11-9-7-8-10-12-14-18-26-20-24(4)30(32)28(22-26)16-6-2/h19-22,31-32H,5-18H2,1-4H3. The quantitative estimate of drug-likeness (QED) is 0.273. The van der Waals surface area contributed by atoms with Crippen molar-refractivity contribution in [1.82, 2.24) is 0 Å². The van der Waals surface area contributed by atoms with E-state index in [0.717, 1.165) is 60.8 Å². The smallest absolute Gasteiger partial charge is 0.121 e. The lowest BCUT2D eigenvalue weighted by Gasteiger charge is -2.11. The number of aryl methyl sites for hydroxylation is 6. The third kappa shape index (κ3) is 8.52. The highest BCUT2D eigenvalue weighted by Crippen LogP contribution is 2.27. The van der Waals surface area contributed by atoms with Crippen molar-refractivity contribution < 1.29 is 10.2 Å². The molecule has 0 aliphatic rings. The van der Waals surface area contributed by atoms with Crippen LogP contribution >= 0.6 is 0 Å². The first-order chi connectivity index (χ1) is 15.5. The largest absolute Gasteiger partial charge is 0.507 e. The van der Waals surface area contributed by atoms with Crippen LogP contribution in [0.4, 0.5) is 0 Å². The van der Waals surface area contributed by atoms with Gasteiger partial charge >= 0.3 is 0 Å². The van der Waals surface area contributed by atoms with Crippen LogP contribution in [0.5, 0.6) is 11.5 Å². The molecule has 2 nitrogen and oxygen atoms in total. The van der Waals surface area contributed by atoms with E-state index in [2.05, 4.69) is 38.1 Å². The van der Waals surface area contributed by atoms with E-state index in [1.54, 1.807) is 0 Å². The first kappa shape index (κ1) is 26.3. The summed E-state index contributed by atoms with van der Waals surface area (Å²) in [5.41, 5.74) is 7.05. The Morgan fingerprint density at radius 2 is 0.844 bits per heavy atom. The summed E-state index contributed by atoms with van der Waals surface area (Å²) < 4.78 is 0. The SMILES string of the molecule is CCCc1cc(CCCCCCCCCCc2cc(C)c(O)c(CCC)c2)cc(C)c1O. The van der Waals surface area contributed by atoms with Gasteiger partial charge < -0.3 is 10.2 Å². The van der Waals surface area contributed by atoms with Crippen LogP contribution in [0.25, 0.3) is 0 Å². The van der Waals surface area contributed by atoms with E-state index in [1.807, 2.05) is 13.8 Å². The summed E-state index contributed by atoms with van der Waals surface area (Å²) in [6.07, 6.45) is 16.8. The number of hydrogen-bond donors (Lipinski definition) is 2. The van der Waals surface area contributed by atoms with Gasteiger partial charge in [-0.15, -0.1) is 0 Å². The fourth-order valence-corrected chi connectivity index (χ4v) is 4.79. The van der Waals surface area contributed by atoms with Crippen LogP contribution < -0.4 is 0 Å². The predicted octanol–water partition coefficient (Wildman–Crippen LogP) is 8.53. The van der Waals surface area contributed by atoms with Crippen molar-refractivity contribution in [2.75, 3.05) is 0 Å². The molecular weight excluding hydrogens is 392 g/mol. The molecule has 178 valence electrons. The highest BCUT2D eigenvalue weighted by molar-refractivity contribution is 5.44. The summed E-state index contributed by atoms with van der Waals surface area (Å²) in [7, 11) is 0. The minimum absolute atomic E-state index is 0.498. The van der Waals surface area contributed by atoms with Crippen LogP contribution in [0, 0.1) is 13.8 Å². The summed E-state index contributed by atoms with van der Waals surface area (Å²) in [4.78, 5) is 0. The lowest BCUT2D eigenvalue weighted by Crippen LogP contribution is -1.94. The van der Waals surface area contributed by atoms with E-state index in [0.29, 0.717) is 11.5 Å². The number of aromatic hydroxyl groups is 2. The monoisotopic (exact) mass is 438 g/mol. The first-order valence-electron chi connectivity index (χ1n) is 13.1. The Bertz CT molecular complexity index is 753. The Kier molecular flexibility index (Phi) is 11.7. The van der Waals surface area contributed by atoms with Gasteiger partial charge in [-0.25, -0.2) is 0 Å². The molecule has 2 aromatic carbocycles. The molecule has 0 amide bonds. The molecule has 0 spiro atoms. The Labute approximate surface area is 197 Å². The van der Waals surface area contributed by atoms with Gasteiger partial charge in [0.05, 0.1) is 0 Å². The third-order valence-electron chi connectivity index (χ3n) is 6.60. The maximum absolute atomic E-state index is 10.2. The van der Waals surface area contributed by atoms with Gasteiger partial charge in [0.2, 0.25) is 0 Å². The van der Waals surface area contributed by atoms with Crippen LogP contribution in [-0.4, -0.2) is 10.2 Å². The minimum atomic E-state index is 0.498. The molecule has 0 fully saturated rings. The van der Waals surface area contributed by atoms with Gasteiger partial charge in [0.1, 0.15) is 11.5 Å². The zero-order chi connectivity index (χ0) is 23.3. The zero-order valence-electron chi connectivity index (χ0n) is 21.1. The van der Waals surface area contributed by atoms with Gasteiger partial charge in [-0.1, -0.05) is 89.5 Å². The molecule has 0 heterocycles. The molecule has 0 radical (unpaired) electrons. The maximum atomic E-state index is 10.2. The maximum Gasteiger partial charge on any atom is 0.121 e. The lowest BCUT2D eigenvalue weighted by atomic mass is 9.97. The van der Waals surface area contributed by atoms with Gasteiger partial charge in [-0.2, -0.15) is 0 Å². The lowest BCUT2D eigenvalue weighted by molar-refractivity contribution is 0.462. The van der Waals surface area contributed by atoms with Gasteiger partial charge in [-0.3, -0.25) is 0 Å². The molecule has 0 aliphatic heterocycles. The molecule has 2 rings (SSSR count). The average molecular weight is 439 g/mol. The number of hydrogen-bond acceptors (Lipinski definition) is 2. The molecule has 0 saturated heterocycles. The summed E-state index contributed by atoms with van der Waals surface area (Å²) in [5.74, 6) is 0.995. The molecule has 0 atom stereocenters. The van der Waals surface area contributed by atoms with Gasteiger partial charge in [0, 0.05) is 0 Å². The van der Waals surface area contributed by atoms with Crippen LogP contribution in [0.1, 0.15) is 111 Å². The summed E-state index contributed by atoms with van der Waals surface area (Å²) >= 11 is 0. The molecule has 32 heavy (non-hydrogen) atoms. The molecule has 2 aromatic rings. The second-order valence-electron chi connectivity index (χ2n) is 9.67. The summed E-state index contributed by atoms with van der Waals surface area (Å²) in [6, 6.07) is 8.75. The molecule has 0 bridgehead atoms. The Balaban J connectivity index is 1.57. The minimum Gasteiger partial charge on any atom is -0.507 e. The number of rotatable bonds is 15. The van der Waals surface area contributed by atoms with Crippen molar-refractivity contribution in [2.24, 2.45) is 0 Å². The topological polar surface area (TPSA) is 40.5 Å². The predicted molar refractivity (Wildman–Crippen MR) is 138 cm³/mol. The first-order valence-corrected chi connectivity index (χ1v) is 13.1. The Hall–Kier alpha value is -1.96. The second kappa shape index (κ2) is 14.2. The van der Waals surface area contributed by atoms with Crippen molar-refractivity contribution in [3.05, 3.63) is 57.6 Å². The van der Waals surface area contributed by atoms with E-state index in [4.69, 9.17) is 0 Å². The summed E-state index contributed by atoms with van der Waals surface area (Å²) in [6.45, 7) is 8.37. The van der Waals surface area contributed by atoms with Gasteiger partial charge in [0.15, 0.2) is 0 Å². The van der Waals surface area contributed by atoms with E-state index in [9.17, 15) is 10.2 Å². The fraction of sp³-hybridized carbons (Fsp3) is 0.600. The molecule has 0 saturated carbocycles. The van der Waals surface area contributed by atoms with Crippen molar-refractivity contribution in [2.45, 2.75) is 118 Å². The average Bonchev–Trinajstić information content (AvgIpc) is 2.76. The normalized spacial score (nSPS) is 11.2. The molecule has 0 aromatic heterocycles. The van der Waals surface area contributed by atoms with E-state index in [-0.39, 0.29) is 0 Å². The van der Waals surface area contributed by atoms with Crippen molar-refractivity contribution >= 4 is 0 Å². The van der Waals surface area contributed by atoms with Crippen LogP contribution in [0.15, 0.2) is 24.3 Å². The Morgan fingerprint density at radius 3 is 1.19 bits per heavy atom. The number of phenolic OH excluding ortho intramolecular Hbond substituents is 2. The van der Waals surface area contributed by atoms with Gasteiger partial charge in [0.25, 0.3) is 0 Å². The molecular formula is C30H46O2. The number of unbranched alkanes of at least 4 members (excludes halogenated alkanes) is 7. The zero-order valence-corrected chi connectivity index (χ0v) is 21.1. The molecule has 0 unspecified atom stereocenters. The second-order valence-corrected chi connectivity index (χ2v) is 9.67. The Morgan fingerprint density at radius 1 is 0.500 bits per heavy atom. The van der Waals surface area contributed by atoms with Gasteiger partial charge in [-0.05, 0) is 85.8 Å². The molecule has 2 N–H and O–H groups in total. The highest BCUT2D eigenvalue weighted by Gasteiger charge is 2.08. The van der Waals surface area contributed by atoms with Crippen molar-refractivity contribution in [1.29, 1.82) is 0 Å². The van der Waals surface area contributed by atoms with E-state index >= 15 is 0 Å². The number of phenols is 2. The highest BCUT2D eigenvalue weighted by atomic mass is 16.3. The van der Waals surface area contributed by atoms with E-state index in [1.165, 1.54) is 62.5 Å². The van der Waals surface area contributed by atoms with Crippen LogP contribution in [-0.2, 0) is 25.7 Å². The van der Waals surface area contributed by atoms with Crippen molar-refractivity contribution in [3.63, 3.8) is 0 Å². The van der Waals surface area contributed by atoms with Crippen molar-refractivity contribution in [3.8, 4) is 11.5 Å². The third-order valence-corrected chi connectivity index (χ3v) is 6.60. The van der Waals surface area contributed by atoms with Crippen LogP contribution in [0.3, 0.4) is 0 Å². The molecule has 2 heteroatoms. The number of benzene rings is 2. The molecule has 0 aliphatic carbocycles. The summed E-state index contributed by atoms with van der Waals surface area (Å²) in [5, 5.41) is 20.4. The van der Waals surface area contributed by atoms with Crippen LogP contribution in [0.2, 0.25) is 0 Å². The fourth-order valence-electron chi connectivity index (χ4n) is 4.79. The van der Waals surface area contributed by atoms with E-state index < -0.39 is 0 Å².